The Kier molecular flexibility index (Phi) is 9.21. The Hall–Kier alpha value is -3.35. The van der Waals surface area contributed by atoms with E-state index in [0.29, 0.717) is 32.4 Å². The summed E-state index contributed by atoms with van der Waals surface area (Å²) in [6, 6.07) is 17.5. The van der Waals surface area contributed by atoms with Gasteiger partial charge in [0.1, 0.15) is 6.04 Å². The number of amides is 2. The van der Waals surface area contributed by atoms with Crippen molar-refractivity contribution in [3.8, 4) is 0 Å². The van der Waals surface area contributed by atoms with Crippen LogP contribution in [0.1, 0.15) is 17.5 Å². The molecule has 0 unspecified atom stereocenters. The van der Waals surface area contributed by atoms with Crippen molar-refractivity contribution < 1.29 is 9.59 Å². The van der Waals surface area contributed by atoms with Crippen molar-refractivity contribution in [2.45, 2.75) is 31.3 Å². The van der Waals surface area contributed by atoms with Crippen LogP contribution in [0, 0.1) is 0 Å². The fraction of sp³-hybridized carbons (Fsp3) is 0.333. The van der Waals surface area contributed by atoms with Gasteiger partial charge in [-0.15, -0.1) is 0 Å². The lowest BCUT2D eigenvalue weighted by atomic mass is 10.0. The van der Waals surface area contributed by atoms with Gasteiger partial charge in [-0.05, 0) is 29.5 Å². The summed E-state index contributed by atoms with van der Waals surface area (Å²) in [5.74, 6) is -0.672. The zero-order valence-corrected chi connectivity index (χ0v) is 16.2. The highest BCUT2D eigenvalue weighted by atomic mass is 16.2. The number of nitrogens with zero attached hydrogens (tertiary/aromatic N) is 3. The van der Waals surface area contributed by atoms with Gasteiger partial charge in [-0.1, -0.05) is 65.8 Å². The first kappa shape index (κ1) is 21.9. The molecule has 0 aromatic heterocycles. The average Bonchev–Trinajstić information content (AvgIpc) is 2.74. The first-order valence-electron chi connectivity index (χ1n) is 9.52. The molecular weight excluding hydrogens is 368 g/mol. The minimum absolute atomic E-state index is 0.296. The van der Waals surface area contributed by atoms with Gasteiger partial charge in [0.15, 0.2) is 0 Å². The SMILES string of the molecule is [N-]=[N+]=NCCCNC(=O)[C@H](Cc1ccccc1)NC(=O)[C@@H](N)Cc1ccccc1. The van der Waals surface area contributed by atoms with E-state index >= 15 is 0 Å². The van der Waals surface area contributed by atoms with E-state index in [9.17, 15) is 9.59 Å². The van der Waals surface area contributed by atoms with Gasteiger partial charge >= 0.3 is 0 Å². The maximum atomic E-state index is 12.6. The lowest BCUT2D eigenvalue weighted by Crippen LogP contribution is -2.53. The molecule has 0 aliphatic carbocycles. The van der Waals surface area contributed by atoms with E-state index in [2.05, 4.69) is 20.7 Å². The second-order valence-electron chi connectivity index (χ2n) is 6.65. The normalized spacial score (nSPS) is 12.3. The molecule has 2 amide bonds. The van der Waals surface area contributed by atoms with Gasteiger partial charge in [-0.3, -0.25) is 9.59 Å². The Morgan fingerprint density at radius 2 is 1.55 bits per heavy atom. The summed E-state index contributed by atoms with van der Waals surface area (Å²) in [7, 11) is 0. The van der Waals surface area contributed by atoms with Gasteiger partial charge in [-0.25, -0.2) is 0 Å². The third-order valence-electron chi connectivity index (χ3n) is 4.35. The maximum Gasteiger partial charge on any atom is 0.242 e. The molecule has 0 heterocycles. The highest BCUT2D eigenvalue weighted by Crippen LogP contribution is 2.06. The number of benzene rings is 2. The second kappa shape index (κ2) is 12.2. The Bertz CT molecular complexity index is 822. The number of hydrogen-bond donors (Lipinski definition) is 3. The fourth-order valence-electron chi connectivity index (χ4n) is 2.83. The number of nitrogens with two attached hydrogens (primary N) is 1. The van der Waals surface area contributed by atoms with Crippen LogP contribution in [0.3, 0.4) is 0 Å². The van der Waals surface area contributed by atoms with E-state index in [1.165, 1.54) is 0 Å². The van der Waals surface area contributed by atoms with Crippen molar-refractivity contribution in [2.24, 2.45) is 10.8 Å². The van der Waals surface area contributed by atoms with Crippen molar-refractivity contribution in [1.29, 1.82) is 0 Å². The summed E-state index contributed by atoms with van der Waals surface area (Å²) in [6.45, 7) is 0.656. The Balaban J connectivity index is 1.98. The Labute approximate surface area is 170 Å². The highest BCUT2D eigenvalue weighted by molar-refractivity contribution is 5.90. The summed E-state index contributed by atoms with van der Waals surface area (Å²) < 4.78 is 0. The third kappa shape index (κ3) is 8.04. The molecule has 8 nitrogen and oxygen atoms in total. The molecule has 2 aromatic carbocycles. The number of rotatable bonds is 11. The van der Waals surface area contributed by atoms with Crippen molar-refractivity contribution >= 4 is 11.8 Å². The molecule has 8 heteroatoms. The zero-order chi connectivity index (χ0) is 20.9. The molecule has 0 aliphatic rings. The number of hydrogen-bond acceptors (Lipinski definition) is 4. The Morgan fingerprint density at radius 3 is 2.14 bits per heavy atom. The lowest BCUT2D eigenvalue weighted by molar-refractivity contribution is -0.129. The quantitative estimate of drug-likeness (QED) is 0.233. The van der Waals surface area contributed by atoms with Gasteiger partial charge in [0.2, 0.25) is 11.8 Å². The molecule has 4 N–H and O–H groups in total. The first-order chi connectivity index (χ1) is 14.1. The molecule has 0 saturated heterocycles. The van der Waals surface area contributed by atoms with Crippen molar-refractivity contribution in [3.05, 3.63) is 82.2 Å². The van der Waals surface area contributed by atoms with E-state index in [-0.39, 0.29) is 11.8 Å². The van der Waals surface area contributed by atoms with E-state index in [0.717, 1.165) is 11.1 Å². The number of azide groups is 1. The summed E-state index contributed by atoms with van der Waals surface area (Å²) in [6.07, 6.45) is 1.26. The van der Waals surface area contributed by atoms with Crippen LogP contribution in [0.5, 0.6) is 0 Å². The van der Waals surface area contributed by atoms with Crippen LogP contribution in [-0.4, -0.2) is 37.0 Å². The molecule has 29 heavy (non-hydrogen) atoms. The second-order valence-corrected chi connectivity index (χ2v) is 6.65. The maximum absolute atomic E-state index is 12.6. The summed E-state index contributed by atoms with van der Waals surface area (Å²) >= 11 is 0. The average molecular weight is 394 g/mol. The molecule has 0 saturated carbocycles. The highest BCUT2D eigenvalue weighted by Gasteiger charge is 2.24. The van der Waals surface area contributed by atoms with Crippen molar-refractivity contribution in [2.75, 3.05) is 13.1 Å². The lowest BCUT2D eigenvalue weighted by Gasteiger charge is -2.21. The van der Waals surface area contributed by atoms with Gasteiger partial charge in [-0.2, -0.15) is 0 Å². The third-order valence-corrected chi connectivity index (χ3v) is 4.35. The van der Waals surface area contributed by atoms with Crippen LogP contribution in [0.2, 0.25) is 0 Å². The number of carbonyl (C=O) groups is 2. The molecule has 0 spiro atoms. The van der Waals surface area contributed by atoms with E-state index in [1.54, 1.807) is 0 Å². The topological polar surface area (TPSA) is 133 Å². The largest absolute Gasteiger partial charge is 0.354 e. The van der Waals surface area contributed by atoms with Crippen molar-refractivity contribution in [1.82, 2.24) is 10.6 Å². The molecule has 0 radical (unpaired) electrons. The van der Waals surface area contributed by atoms with Gasteiger partial charge < -0.3 is 16.4 Å². The molecule has 152 valence electrons. The van der Waals surface area contributed by atoms with Crippen LogP contribution in [0.4, 0.5) is 0 Å². The predicted molar refractivity (Wildman–Crippen MR) is 112 cm³/mol. The van der Waals surface area contributed by atoms with Crippen LogP contribution >= 0.6 is 0 Å². The van der Waals surface area contributed by atoms with Gasteiger partial charge in [0.25, 0.3) is 0 Å². The zero-order valence-electron chi connectivity index (χ0n) is 16.2. The summed E-state index contributed by atoms with van der Waals surface area (Å²) in [4.78, 5) is 27.9. The smallest absolute Gasteiger partial charge is 0.242 e. The van der Waals surface area contributed by atoms with E-state index in [1.807, 2.05) is 60.7 Å². The fourth-order valence-corrected chi connectivity index (χ4v) is 2.83. The van der Waals surface area contributed by atoms with Crippen molar-refractivity contribution in [3.63, 3.8) is 0 Å². The first-order valence-corrected chi connectivity index (χ1v) is 9.52. The van der Waals surface area contributed by atoms with Crippen LogP contribution in [0.15, 0.2) is 65.8 Å². The van der Waals surface area contributed by atoms with E-state index in [4.69, 9.17) is 11.3 Å². The molecule has 2 rings (SSSR count). The number of carbonyl (C=O) groups excluding carboxylic acids is 2. The molecule has 2 aromatic rings. The van der Waals surface area contributed by atoms with Gasteiger partial charge in [0.05, 0.1) is 6.04 Å². The minimum Gasteiger partial charge on any atom is -0.354 e. The summed E-state index contributed by atoms with van der Waals surface area (Å²) in [5.41, 5.74) is 16.2. The molecule has 0 aliphatic heterocycles. The predicted octanol–water partition coefficient (Wildman–Crippen LogP) is 2.10. The molecule has 2 atom stereocenters. The Morgan fingerprint density at radius 1 is 0.966 bits per heavy atom. The molecule has 0 bridgehead atoms. The number of nitrogens with one attached hydrogen (secondary N) is 2. The standard InChI is InChI=1S/C21H26N6O2/c22-18(14-16-8-3-1-4-9-16)20(28)26-19(15-17-10-5-2-6-11-17)21(29)24-12-7-13-25-27-23/h1-6,8-11,18-19H,7,12-15,22H2,(H,24,29)(H,26,28)/t18-,19-/m0/s1. The molecular formula is C21H26N6O2. The van der Waals surface area contributed by atoms with Crippen LogP contribution in [-0.2, 0) is 22.4 Å². The monoisotopic (exact) mass is 394 g/mol. The van der Waals surface area contributed by atoms with Gasteiger partial charge in [0, 0.05) is 24.4 Å². The van der Waals surface area contributed by atoms with Crippen LogP contribution in [0.25, 0.3) is 10.4 Å². The minimum atomic E-state index is -0.756. The summed E-state index contributed by atoms with van der Waals surface area (Å²) in [5, 5.41) is 8.99. The molecule has 0 fully saturated rings. The van der Waals surface area contributed by atoms with Crippen LogP contribution < -0.4 is 16.4 Å². The van der Waals surface area contributed by atoms with E-state index < -0.39 is 12.1 Å².